The fourth-order valence-corrected chi connectivity index (χ4v) is 2.07. The Hall–Kier alpha value is -3.00. The van der Waals surface area contributed by atoms with E-state index in [9.17, 15) is 15.3 Å². The summed E-state index contributed by atoms with van der Waals surface area (Å²) >= 11 is 0. The highest BCUT2D eigenvalue weighted by Gasteiger charge is 2.08. The van der Waals surface area contributed by atoms with Gasteiger partial charge in [0.1, 0.15) is 36.2 Å². The van der Waals surface area contributed by atoms with Gasteiger partial charge in [0.05, 0.1) is 27.4 Å². The van der Waals surface area contributed by atoms with Crippen molar-refractivity contribution in [3.8, 4) is 40.2 Å². The number of aromatic hydroxyl groups is 3. The lowest BCUT2D eigenvalue weighted by Crippen LogP contribution is -2.12. The van der Waals surface area contributed by atoms with Crippen molar-refractivity contribution in [2.75, 3.05) is 40.6 Å². The molecule has 0 amide bonds. The van der Waals surface area contributed by atoms with Gasteiger partial charge in [-0.1, -0.05) is 0 Å². The molecule has 0 bridgehead atoms. The van der Waals surface area contributed by atoms with E-state index in [1.54, 1.807) is 32.4 Å². The Morgan fingerprint density at radius 2 is 1.04 bits per heavy atom. The van der Waals surface area contributed by atoms with Gasteiger partial charge < -0.3 is 39.0 Å². The average Bonchev–Trinajstić information content (AvgIpc) is 2.64. The molecule has 0 aliphatic rings. The third kappa shape index (κ3) is 5.52. The first-order chi connectivity index (χ1) is 12.5. The second kappa shape index (κ2) is 9.47. The number of rotatable bonds is 10. The molecule has 0 radical (unpaired) electrons. The van der Waals surface area contributed by atoms with Gasteiger partial charge in [0.25, 0.3) is 0 Å². The van der Waals surface area contributed by atoms with Crippen molar-refractivity contribution in [2.24, 2.45) is 0 Å². The zero-order valence-corrected chi connectivity index (χ0v) is 14.6. The Morgan fingerprint density at radius 1 is 0.615 bits per heavy atom. The van der Waals surface area contributed by atoms with Gasteiger partial charge in [0, 0.05) is 30.3 Å². The number of phenols is 3. The van der Waals surface area contributed by atoms with Gasteiger partial charge in [-0.3, -0.25) is 0 Å². The second-order valence-corrected chi connectivity index (χ2v) is 5.17. The molecule has 0 spiro atoms. The molecule has 2 aromatic carbocycles. The Morgan fingerprint density at radius 3 is 1.50 bits per heavy atom. The van der Waals surface area contributed by atoms with Crippen LogP contribution in [0.4, 0.5) is 0 Å². The van der Waals surface area contributed by atoms with Crippen molar-refractivity contribution < 1.29 is 39.0 Å². The van der Waals surface area contributed by atoms with Gasteiger partial charge in [-0.2, -0.15) is 0 Å². The van der Waals surface area contributed by atoms with Gasteiger partial charge in [0.2, 0.25) is 5.75 Å². The summed E-state index contributed by atoms with van der Waals surface area (Å²) in [6.45, 7) is 1.16. The highest BCUT2D eigenvalue weighted by molar-refractivity contribution is 5.53. The maximum absolute atomic E-state index is 9.38. The zero-order valence-electron chi connectivity index (χ0n) is 14.6. The molecule has 0 saturated heterocycles. The van der Waals surface area contributed by atoms with Crippen LogP contribution >= 0.6 is 0 Å². The second-order valence-electron chi connectivity index (χ2n) is 5.17. The zero-order chi connectivity index (χ0) is 18.9. The Labute approximate surface area is 151 Å². The summed E-state index contributed by atoms with van der Waals surface area (Å²) < 4.78 is 26.6. The molecule has 26 heavy (non-hydrogen) atoms. The lowest BCUT2D eigenvalue weighted by Gasteiger charge is -2.11. The fraction of sp³-hybridized carbons (Fsp3) is 0.333. The van der Waals surface area contributed by atoms with Crippen molar-refractivity contribution in [1.82, 2.24) is 0 Å². The van der Waals surface area contributed by atoms with E-state index in [4.69, 9.17) is 23.7 Å². The summed E-state index contributed by atoms with van der Waals surface area (Å²) in [6.07, 6.45) is 0. The smallest absolute Gasteiger partial charge is 0.200 e. The van der Waals surface area contributed by atoms with E-state index in [1.807, 2.05) is 0 Å². The monoisotopic (exact) mass is 366 g/mol. The number of phenolic OH excluding ortho intramolecular Hbond substituents is 3. The van der Waals surface area contributed by atoms with Crippen LogP contribution in [0.15, 0.2) is 30.3 Å². The predicted molar refractivity (Wildman–Crippen MR) is 92.8 cm³/mol. The fourth-order valence-electron chi connectivity index (χ4n) is 2.07. The minimum atomic E-state index is -0.583. The van der Waals surface area contributed by atoms with Gasteiger partial charge in [0.15, 0.2) is 11.5 Å². The maximum atomic E-state index is 9.38. The molecule has 2 rings (SSSR count). The first-order valence-electron chi connectivity index (χ1n) is 7.85. The number of ether oxygens (including phenoxy) is 5. The van der Waals surface area contributed by atoms with E-state index in [0.717, 1.165) is 0 Å². The normalized spacial score (nSPS) is 10.4. The summed E-state index contributed by atoms with van der Waals surface area (Å²) in [5.74, 6) is 0.603. The molecule has 0 fully saturated rings. The average molecular weight is 366 g/mol. The summed E-state index contributed by atoms with van der Waals surface area (Å²) in [7, 11) is 3.13. The largest absolute Gasteiger partial charge is 0.504 e. The molecular formula is C18H22O8. The van der Waals surface area contributed by atoms with Crippen LogP contribution in [0.5, 0.6) is 40.2 Å². The van der Waals surface area contributed by atoms with Gasteiger partial charge in [-0.15, -0.1) is 0 Å². The van der Waals surface area contributed by atoms with Crippen LogP contribution in [0, 0.1) is 0 Å². The van der Waals surface area contributed by atoms with Crippen LogP contribution in [0.2, 0.25) is 0 Å². The molecule has 142 valence electrons. The minimum absolute atomic E-state index is 0.205. The third-order valence-corrected chi connectivity index (χ3v) is 3.36. The van der Waals surface area contributed by atoms with E-state index in [-0.39, 0.29) is 19.0 Å². The van der Waals surface area contributed by atoms with Crippen molar-refractivity contribution in [3.63, 3.8) is 0 Å². The van der Waals surface area contributed by atoms with Crippen molar-refractivity contribution >= 4 is 0 Å². The van der Waals surface area contributed by atoms with Crippen LogP contribution in [0.3, 0.4) is 0 Å². The van der Waals surface area contributed by atoms with Crippen molar-refractivity contribution in [2.45, 2.75) is 0 Å². The molecule has 0 aliphatic heterocycles. The highest BCUT2D eigenvalue weighted by Crippen LogP contribution is 2.38. The van der Waals surface area contributed by atoms with Crippen LogP contribution < -0.4 is 18.9 Å². The molecule has 0 heterocycles. The number of hydrogen-bond acceptors (Lipinski definition) is 8. The Kier molecular flexibility index (Phi) is 7.04. The van der Waals surface area contributed by atoms with Crippen LogP contribution in [0.1, 0.15) is 0 Å². The highest BCUT2D eigenvalue weighted by atomic mass is 16.5. The summed E-state index contributed by atoms with van der Waals surface area (Å²) in [4.78, 5) is 0. The molecule has 0 aromatic heterocycles. The van der Waals surface area contributed by atoms with E-state index < -0.39 is 17.2 Å². The van der Waals surface area contributed by atoms with E-state index >= 15 is 0 Å². The Balaban J connectivity index is 1.67. The summed E-state index contributed by atoms with van der Waals surface area (Å²) in [6, 6.07) is 7.65. The molecule has 3 N–H and O–H groups in total. The van der Waals surface area contributed by atoms with Crippen LogP contribution in [-0.4, -0.2) is 56.0 Å². The molecule has 8 heteroatoms. The summed E-state index contributed by atoms with van der Waals surface area (Å²) in [5, 5.41) is 28.0. The van der Waals surface area contributed by atoms with E-state index in [0.29, 0.717) is 30.5 Å². The summed E-state index contributed by atoms with van der Waals surface area (Å²) in [5.41, 5.74) is 0. The van der Waals surface area contributed by atoms with Crippen molar-refractivity contribution in [1.29, 1.82) is 0 Å². The number of methoxy groups -OCH3 is 2. The SMILES string of the molecule is COc1cc(OC)cc(OCCOCCOc2cc(O)c(O)c(O)c2)c1. The standard InChI is InChI=1S/C18H22O8/c1-22-12-7-13(23-2)9-14(8-12)25-5-3-24-4-6-26-15-10-16(19)18(21)17(20)11-15/h7-11,19-21H,3-6H2,1-2H3. The Bertz CT molecular complexity index is 671. The molecule has 0 atom stereocenters. The maximum Gasteiger partial charge on any atom is 0.200 e. The molecule has 2 aromatic rings. The molecule has 8 nitrogen and oxygen atoms in total. The van der Waals surface area contributed by atoms with Crippen molar-refractivity contribution in [3.05, 3.63) is 30.3 Å². The molecule has 0 saturated carbocycles. The van der Waals surface area contributed by atoms with Gasteiger partial charge in [-0.25, -0.2) is 0 Å². The minimum Gasteiger partial charge on any atom is -0.504 e. The van der Waals surface area contributed by atoms with E-state index in [2.05, 4.69) is 0 Å². The molecule has 0 unspecified atom stereocenters. The third-order valence-electron chi connectivity index (χ3n) is 3.36. The number of hydrogen-bond donors (Lipinski definition) is 3. The molecular weight excluding hydrogens is 344 g/mol. The van der Waals surface area contributed by atoms with Gasteiger partial charge in [-0.05, 0) is 0 Å². The topological polar surface area (TPSA) is 107 Å². The lowest BCUT2D eigenvalue weighted by molar-refractivity contribution is 0.0762. The quantitative estimate of drug-likeness (QED) is 0.434. The lowest BCUT2D eigenvalue weighted by atomic mass is 10.3. The van der Waals surface area contributed by atoms with Gasteiger partial charge >= 0.3 is 0 Å². The first-order valence-corrected chi connectivity index (χ1v) is 7.85. The predicted octanol–water partition coefficient (Wildman–Crippen LogP) is 2.30. The van der Waals surface area contributed by atoms with Crippen LogP contribution in [-0.2, 0) is 4.74 Å². The number of benzene rings is 2. The van der Waals surface area contributed by atoms with Crippen LogP contribution in [0.25, 0.3) is 0 Å². The van der Waals surface area contributed by atoms with E-state index in [1.165, 1.54) is 12.1 Å². The first kappa shape index (κ1) is 19.3. The molecule has 0 aliphatic carbocycles.